The van der Waals surface area contributed by atoms with Gasteiger partial charge in [-0.05, 0) is 6.07 Å². The van der Waals surface area contributed by atoms with E-state index in [0.717, 1.165) is 0 Å². The first-order valence-electron chi connectivity index (χ1n) is 3.84. The molecule has 6 nitrogen and oxygen atoms in total. The maximum Gasteiger partial charge on any atom is 0.363 e. The Morgan fingerprint density at radius 2 is 2.29 bits per heavy atom. The smallest absolute Gasteiger partial charge is 0.363 e. The predicted octanol–water partition coefficient (Wildman–Crippen LogP) is 0.419. The second-order valence-corrected chi connectivity index (χ2v) is 2.41. The summed E-state index contributed by atoms with van der Waals surface area (Å²) in [4.78, 5) is 18.8. The fourth-order valence-electron chi connectivity index (χ4n) is 0.864. The maximum absolute atomic E-state index is 11.4. The molecule has 14 heavy (non-hydrogen) atoms. The molecule has 70 valence electrons. The fourth-order valence-corrected chi connectivity index (χ4v) is 0.864. The normalized spacial score (nSPS) is 9.71. The first-order valence-corrected chi connectivity index (χ1v) is 3.84. The van der Waals surface area contributed by atoms with Crippen LogP contribution in [-0.2, 0) is 0 Å². The largest absolute Gasteiger partial charge is 0.403 e. The summed E-state index contributed by atoms with van der Waals surface area (Å²) < 4.78 is 4.89. The lowest BCUT2D eigenvalue weighted by molar-refractivity contribution is 0.0721. The molecular formula is C8H6N4O2. The Labute approximate surface area is 79.0 Å². The van der Waals surface area contributed by atoms with E-state index in [2.05, 4.69) is 20.2 Å². The number of ether oxygens (including phenoxy) is 1. The van der Waals surface area contributed by atoms with Crippen LogP contribution in [0.15, 0.2) is 30.9 Å². The van der Waals surface area contributed by atoms with Gasteiger partial charge >= 0.3 is 5.97 Å². The molecule has 2 heterocycles. The molecule has 0 unspecified atom stereocenters. The third-order valence-electron chi connectivity index (χ3n) is 1.47. The number of aromatic nitrogens is 4. The average molecular weight is 190 g/mol. The Kier molecular flexibility index (Phi) is 2.18. The summed E-state index contributed by atoms with van der Waals surface area (Å²) in [6.45, 7) is 0. The van der Waals surface area contributed by atoms with Gasteiger partial charge in [-0.2, -0.15) is 5.10 Å². The van der Waals surface area contributed by atoms with Crippen molar-refractivity contribution in [2.24, 2.45) is 0 Å². The van der Waals surface area contributed by atoms with E-state index in [1.807, 2.05) is 0 Å². The van der Waals surface area contributed by atoms with E-state index in [-0.39, 0.29) is 11.6 Å². The highest BCUT2D eigenvalue weighted by Gasteiger charge is 2.09. The molecule has 0 aliphatic carbocycles. The van der Waals surface area contributed by atoms with Crippen LogP contribution in [0.5, 0.6) is 5.88 Å². The van der Waals surface area contributed by atoms with E-state index >= 15 is 0 Å². The van der Waals surface area contributed by atoms with Gasteiger partial charge in [-0.15, -0.1) is 0 Å². The number of nitrogens with zero attached hydrogens (tertiary/aromatic N) is 3. The van der Waals surface area contributed by atoms with Gasteiger partial charge in [-0.25, -0.2) is 19.9 Å². The molecule has 1 N–H and O–H groups in total. The summed E-state index contributed by atoms with van der Waals surface area (Å²) in [6.07, 6.45) is 4.24. The van der Waals surface area contributed by atoms with Crippen LogP contribution in [0.25, 0.3) is 0 Å². The minimum atomic E-state index is -0.545. The molecule has 0 saturated carbocycles. The summed E-state index contributed by atoms with van der Waals surface area (Å²) in [5, 5.41) is 6.14. The standard InChI is InChI=1S/C8H6N4O2/c13-8(6-1-3-9-5-10-6)14-7-2-4-11-12-7/h1-5H,(H,11,12). The van der Waals surface area contributed by atoms with Crippen LogP contribution in [0.2, 0.25) is 0 Å². The van der Waals surface area contributed by atoms with E-state index in [4.69, 9.17) is 4.74 Å². The molecule has 0 bridgehead atoms. The minimum absolute atomic E-state index is 0.203. The molecule has 0 radical (unpaired) electrons. The minimum Gasteiger partial charge on any atom is -0.403 e. The van der Waals surface area contributed by atoms with Crippen LogP contribution in [-0.4, -0.2) is 26.1 Å². The van der Waals surface area contributed by atoms with Crippen molar-refractivity contribution < 1.29 is 9.53 Å². The second kappa shape index (κ2) is 3.65. The second-order valence-electron chi connectivity index (χ2n) is 2.41. The van der Waals surface area contributed by atoms with Gasteiger partial charge in [0.05, 0.1) is 6.20 Å². The molecule has 2 aromatic rings. The van der Waals surface area contributed by atoms with Crippen LogP contribution < -0.4 is 4.74 Å². The highest BCUT2D eigenvalue weighted by Crippen LogP contribution is 2.05. The van der Waals surface area contributed by atoms with Crippen molar-refractivity contribution in [3.8, 4) is 5.88 Å². The Morgan fingerprint density at radius 1 is 1.36 bits per heavy atom. The number of rotatable bonds is 2. The molecular weight excluding hydrogens is 184 g/mol. The first kappa shape index (κ1) is 8.36. The number of nitrogens with one attached hydrogen (secondary N) is 1. The molecule has 0 aliphatic rings. The van der Waals surface area contributed by atoms with Crippen molar-refractivity contribution in [1.82, 2.24) is 20.2 Å². The zero-order valence-corrected chi connectivity index (χ0v) is 7.04. The molecule has 0 aliphatic heterocycles. The monoisotopic (exact) mass is 190 g/mol. The van der Waals surface area contributed by atoms with Crippen molar-refractivity contribution in [2.45, 2.75) is 0 Å². The lowest BCUT2D eigenvalue weighted by atomic mass is 10.4. The summed E-state index contributed by atoms with van der Waals surface area (Å²) in [5.74, 6) is -0.259. The number of carbonyl (C=O) groups is 1. The van der Waals surface area contributed by atoms with Gasteiger partial charge in [-0.1, -0.05) is 0 Å². The number of carbonyl (C=O) groups excluding carboxylic acids is 1. The Balaban J connectivity index is 2.11. The zero-order valence-electron chi connectivity index (χ0n) is 7.04. The van der Waals surface area contributed by atoms with Crippen LogP contribution in [0.3, 0.4) is 0 Å². The van der Waals surface area contributed by atoms with E-state index in [1.54, 1.807) is 6.07 Å². The SMILES string of the molecule is O=C(Oc1ccn[nH]1)c1ccncn1. The van der Waals surface area contributed by atoms with E-state index < -0.39 is 5.97 Å². The quantitative estimate of drug-likeness (QED) is 0.694. The van der Waals surface area contributed by atoms with E-state index in [9.17, 15) is 4.79 Å². The highest BCUT2D eigenvalue weighted by molar-refractivity contribution is 5.88. The third-order valence-corrected chi connectivity index (χ3v) is 1.47. The number of H-pyrrole nitrogens is 1. The lowest BCUT2D eigenvalue weighted by Gasteiger charge is -1.98. The number of aromatic amines is 1. The van der Waals surface area contributed by atoms with Crippen LogP contribution >= 0.6 is 0 Å². The van der Waals surface area contributed by atoms with E-state index in [1.165, 1.54) is 24.8 Å². The molecule has 0 spiro atoms. The van der Waals surface area contributed by atoms with Gasteiger partial charge in [0, 0.05) is 12.3 Å². The molecule has 0 atom stereocenters. The van der Waals surface area contributed by atoms with Crippen molar-refractivity contribution >= 4 is 5.97 Å². The van der Waals surface area contributed by atoms with E-state index in [0.29, 0.717) is 0 Å². The van der Waals surface area contributed by atoms with Crippen molar-refractivity contribution in [3.63, 3.8) is 0 Å². The molecule has 0 saturated heterocycles. The van der Waals surface area contributed by atoms with Crippen LogP contribution in [0.4, 0.5) is 0 Å². The van der Waals surface area contributed by atoms with Crippen LogP contribution in [0.1, 0.15) is 10.5 Å². The molecule has 0 aromatic carbocycles. The van der Waals surface area contributed by atoms with Gasteiger partial charge in [-0.3, -0.25) is 0 Å². The van der Waals surface area contributed by atoms with Crippen molar-refractivity contribution in [2.75, 3.05) is 0 Å². The summed E-state index contributed by atoms with van der Waals surface area (Å²) in [7, 11) is 0. The Morgan fingerprint density at radius 3 is 2.93 bits per heavy atom. The van der Waals surface area contributed by atoms with Crippen molar-refractivity contribution in [3.05, 3.63) is 36.5 Å². The topological polar surface area (TPSA) is 80.8 Å². The predicted molar refractivity (Wildman–Crippen MR) is 45.6 cm³/mol. The van der Waals surface area contributed by atoms with Gasteiger partial charge in [0.1, 0.15) is 6.33 Å². The summed E-state index contributed by atoms with van der Waals surface area (Å²) in [5.41, 5.74) is 0.203. The molecule has 0 amide bonds. The Bertz CT molecular complexity index is 412. The molecule has 2 rings (SSSR count). The average Bonchev–Trinajstić information content (AvgIpc) is 2.72. The van der Waals surface area contributed by atoms with Gasteiger partial charge in [0.25, 0.3) is 0 Å². The van der Waals surface area contributed by atoms with Gasteiger partial charge in [0.2, 0.25) is 5.88 Å². The summed E-state index contributed by atoms with van der Waals surface area (Å²) in [6, 6.07) is 3.01. The molecule has 6 heteroatoms. The highest BCUT2D eigenvalue weighted by atomic mass is 16.5. The number of hydrogen-bond donors (Lipinski definition) is 1. The zero-order chi connectivity index (χ0) is 9.80. The fraction of sp³-hybridized carbons (Fsp3) is 0. The molecule has 0 fully saturated rings. The summed E-state index contributed by atoms with van der Waals surface area (Å²) >= 11 is 0. The Hall–Kier alpha value is -2.24. The first-order chi connectivity index (χ1) is 6.86. The van der Waals surface area contributed by atoms with Crippen LogP contribution in [0, 0.1) is 0 Å². The number of esters is 1. The number of hydrogen-bond acceptors (Lipinski definition) is 5. The van der Waals surface area contributed by atoms with Gasteiger partial charge < -0.3 is 4.74 Å². The molecule has 2 aromatic heterocycles. The lowest BCUT2D eigenvalue weighted by Crippen LogP contribution is -2.10. The maximum atomic E-state index is 11.4. The van der Waals surface area contributed by atoms with Crippen molar-refractivity contribution in [1.29, 1.82) is 0 Å². The third kappa shape index (κ3) is 1.74. The van der Waals surface area contributed by atoms with Gasteiger partial charge in [0.15, 0.2) is 5.69 Å².